The third-order valence-electron chi connectivity index (χ3n) is 16.3. The third-order valence-corrected chi connectivity index (χ3v) is 18.2. The quantitative estimate of drug-likeness (QED) is 0.0222. The minimum atomic E-state index is -4.95. The Labute approximate surface area is 549 Å². The highest BCUT2D eigenvalue weighted by Gasteiger charge is 2.30. The topological polar surface area (TPSA) is 237 Å². The normalized spacial score (nSPS) is 14.3. The molecule has 19 heteroatoms. The zero-order valence-electron chi connectivity index (χ0n) is 58.8. The van der Waals surface area contributed by atoms with E-state index in [1.165, 1.54) is 148 Å². The second kappa shape index (κ2) is 60.7. The van der Waals surface area contributed by atoms with Gasteiger partial charge in [-0.2, -0.15) is 0 Å². The molecule has 2 unspecified atom stereocenters. The second-order valence-corrected chi connectivity index (χ2v) is 30.4. The molecule has 0 radical (unpaired) electrons. The average Bonchev–Trinajstić information content (AvgIpc) is 3.51. The molecule has 534 valence electrons. The summed E-state index contributed by atoms with van der Waals surface area (Å²) in [7, 11) is -9.90. The Morgan fingerprint density at radius 2 is 0.467 bits per heavy atom. The summed E-state index contributed by atoms with van der Waals surface area (Å²) in [4.78, 5) is 72.5. The van der Waals surface area contributed by atoms with Crippen LogP contribution in [0.5, 0.6) is 0 Å². The molecule has 0 aromatic heterocycles. The van der Waals surface area contributed by atoms with Crippen LogP contribution in [0.4, 0.5) is 0 Å². The number of phosphoric acid groups is 2. The zero-order valence-corrected chi connectivity index (χ0v) is 60.6. The van der Waals surface area contributed by atoms with Crippen LogP contribution in [0.2, 0.25) is 0 Å². The number of esters is 4. The van der Waals surface area contributed by atoms with Crippen molar-refractivity contribution in [1.29, 1.82) is 0 Å². The van der Waals surface area contributed by atoms with E-state index in [4.69, 9.17) is 37.0 Å². The molecule has 0 aliphatic heterocycles. The molecule has 0 aromatic carbocycles. The molecule has 0 amide bonds. The molecule has 0 bridgehead atoms. The van der Waals surface area contributed by atoms with Crippen molar-refractivity contribution in [3.8, 4) is 0 Å². The van der Waals surface area contributed by atoms with E-state index in [-0.39, 0.29) is 25.7 Å². The van der Waals surface area contributed by atoms with Crippen molar-refractivity contribution in [3.63, 3.8) is 0 Å². The fourth-order valence-electron chi connectivity index (χ4n) is 10.7. The molecular formula is C71H138O17P2. The summed E-state index contributed by atoms with van der Waals surface area (Å²) in [5.41, 5.74) is 0. The van der Waals surface area contributed by atoms with Crippen LogP contribution in [-0.2, 0) is 65.4 Å². The van der Waals surface area contributed by atoms with Gasteiger partial charge in [0.1, 0.15) is 19.3 Å². The average molecular weight is 1330 g/mol. The van der Waals surface area contributed by atoms with Gasteiger partial charge in [-0.15, -0.1) is 0 Å². The Bertz CT molecular complexity index is 1780. The first-order chi connectivity index (χ1) is 43.1. The van der Waals surface area contributed by atoms with Gasteiger partial charge in [-0.25, -0.2) is 9.13 Å². The fourth-order valence-corrected chi connectivity index (χ4v) is 12.2. The Hall–Kier alpha value is -1.94. The Morgan fingerprint density at radius 1 is 0.278 bits per heavy atom. The van der Waals surface area contributed by atoms with E-state index < -0.39 is 97.5 Å². The highest BCUT2D eigenvalue weighted by Crippen LogP contribution is 2.45. The van der Waals surface area contributed by atoms with Gasteiger partial charge in [0.15, 0.2) is 12.2 Å². The molecule has 0 rings (SSSR count). The smallest absolute Gasteiger partial charge is 0.462 e. The van der Waals surface area contributed by atoms with Gasteiger partial charge in [0.05, 0.1) is 26.4 Å². The SMILES string of the molecule is CC(C)CCCCCCCCCCCCCCCCCC(=O)OC[C@H](COP(=O)(O)OC[C@@H](O)COP(=O)(O)OC[C@@H](COC(=O)CCCCCCCCC(C)C)OC(=O)CCCCCCCCC(C)C)OC(=O)CCCCCCCCCCCCCC(C)C. The van der Waals surface area contributed by atoms with Crippen LogP contribution in [0.15, 0.2) is 0 Å². The van der Waals surface area contributed by atoms with Gasteiger partial charge in [0, 0.05) is 25.7 Å². The van der Waals surface area contributed by atoms with E-state index in [1.54, 1.807) is 0 Å². The van der Waals surface area contributed by atoms with Crippen molar-refractivity contribution in [3.05, 3.63) is 0 Å². The Kier molecular flexibility index (Phi) is 59.4. The monoisotopic (exact) mass is 1320 g/mol. The van der Waals surface area contributed by atoms with Gasteiger partial charge in [-0.05, 0) is 49.4 Å². The summed E-state index contributed by atoms with van der Waals surface area (Å²) >= 11 is 0. The van der Waals surface area contributed by atoms with Gasteiger partial charge < -0.3 is 33.8 Å². The Balaban J connectivity index is 5.20. The predicted molar refractivity (Wildman–Crippen MR) is 363 cm³/mol. The molecule has 5 atom stereocenters. The highest BCUT2D eigenvalue weighted by molar-refractivity contribution is 7.47. The lowest BCUT2D eigenvalue weighted by Crippen LogP contribution is -2.30. The number of hydrogen-bond donors (Lipinski definition) is 3. The maximum atomic E-state index is 13.0. The molecule has 0 saturated heterocycles. The van der Waals surface area contributed by atoms with Gasteiger partial charge in [0.25, 0.3) is 0 Å². The molecule has 90 heavy (non-hydrogen) atoms. The minimum Gasteiger partial charge on any atom is -0.462 e. The van der Waals surface area contributed by atoms with Gasteiger partial charge >= 0.3 is 39.5 Å². The lowest BCUT2D eigenvalue weighted by Gasteiger charge is -2.21. The van der Waals surface area contributed by atoms with Crippen LogP contribution in [-0.4, -0.2) is 96.7 Å². The van der Waals surface area contributed by atoms with E-state index in [1.807, 2.05) is 0 Å². The molecule has 0 aromatic rings. The number of unbranched alkanes of at least 4 members (excludes halogenated alkanes) is 34. The van der Waals surface area contributed by atoms with Crippen molar-refractivity contribution in [2.75, 3.05) is 39.6 Å². The molecule has 0 fully saturated rings. The number of carbonyl (C=O) groups excluding carboxylic acids is 4. The summed E-state index contributed by atoms with van der Waals surface area (Å²) in [6.45, 7) is 14.0. The molecular weight excluding hydrogens is 1190 g/mol. The molecule has 17 nitrogen and oxygen atoms in total. The maximum absolute atomic E-state index is 13.0. The number of hydrogen-bond acceptors (Lipinski definition) is 15. The fraction of sp³-hybridized carbons (Fsp3) is 0.944. The molecule has 0 saturated carbocycles. The van der Waals surface area contributed by atoms with E-state index in [0.29, 0.717) is 37.5 Å². The standard InChI is InChI=1S/C71H138O17P2/c1-61(2)47-39-31-23-19-15-12-10-9-11-13-17-21-25-35-43-51-68(73)81-57-66(87-70(75)53-45-37-26-22-18-14-16-20-24-32-40-48-62(3)4)59-85-89(77,78)83-55-65(72)56-84-90(79,80)86-60-67(88-71(76)54-46-38-30-28-34-42-50-64(7)8)58-82-69(74)52-44-36-29-27-33-41-49-63(5)6/h61-67,72H,9-60H2,1-8H3,(H,77,78)(H,79,80)/t65-,66-,67-/m1/s1. The Morgan fingerprint density at radius 3 is 0.689 bits per heavy atom. The van der Waals surface area contributed by atoms with Crippen molar-refractivity contribution in [2.24, 2.45) is 23.7 Å². The molecule has 0 heterocycles. The molecule has 3 N–H and O–H groups in total. The van der Waals surface area contributed by atoms with Crippen molar-refractivity contribution in [1.82, 2.24) is 0 Å². The highest BCUT2D eigenvalue weighted by atomic mass is 31.2. The molecule has 0 aliphatic rings. The van der Waals surface area contributed by atoms with E-state index in [9.17, 15) is 43.2 Å². The van der Waals surface area contributed by atoms with E-state index in [2.05, 4.69) is 55.4 Å². The summed E-state index contributed by atoms with van der Waals surface area (Å²) in [5.74, 6) is 0.786. The first kappa shape index (κ1) is 88.1. The largest absolute Gasteiger partial charge is 0.472 e. The van der Waals surface area contributed by atoms with Gasteiger partial charge in [-0.3, -0.25) is 37.3 Å². The van der Waals surface area contributed by atoms with Crippen molar-refractivity contribution < 1.29 is 80.2 Å². The van der Waals surface area contributed by atoms with E-state index >= 15 is 0 Å². The lowest BCUT2D eigenvalue weighted by atomic mass is 10.0. The van der Waals surface area contributed by atoms with Crippen molar-refractivity contribution >= 4 is 39.5 Å². The number of aliphatic hydroxyl groups excluding tert-OH is 1. The van der Waals surface area contributed by atoms with Crippen LogP contribution >= 0.6 is 15.6 Å². The number of aliphatic hydroxyl groups is 1. The number of phosphoric ester groups is 2. The first-order valence-corrected chi connectivity index (χ1v) is 39.7. The number of ether oxygens (including phenoxy) is 4. The minimum absolute atomic E-state index is 0.101. The predicted octanol–water partition coefficient (Wildman–Crippen LogP) is 20.1. The second-order valence-electron chi connectivity index (χ2n) is 27.5. The van der Waals surface area contributed by atoms with Crippen LogP contribution in [0.3, 0.4) is 0 Å². The van der Waals surface area contributed by atoms with Crippen LogP contribution in [0.1, 0.15) is 351 Å². The van der Waals surface area contributed by atoms with E-state index in [0.717, 1.165) is 108 Å². The van der Waals surface area contributed by atoms with Crippen molar-refractivity contribution in [2.45, 2.75) is 369 Å². The number of rotatable bonds is 68. The van der Waals surface area contributed by atoms with Gasteiger partial charge in [0.2, 0.25) is 0 Å². The summed E-state index contributed by atoms with van der Waals surface area (Å²) in [5, 5.41) is 10.6. The summed E-state index contributed by atoms with van der Waals surface area (Å²) < 4.78 is 68.2. The summed E-state index contributed by atoms with van der Waals surface area (Å²) in [6.07, 6.45) is 43.5. The molecule has 0 spiro atoms. The van der Waals surface area contributed by atoms with Crippen LogP contribution in [0.25, 0.3) is 0 Å². The summed E-state index contributed by atoms with van der Waals surface area (Å²) in [6, 6.07) is 0. The lowest BCUT2D eigenvalue weighted by molar-refractivity contribution is -0.161. The third kappa shape index (κ3) is 64.8. The maximum Gasteiger partial charge on any atom is 0.472 e. The van der Waals surface area contributed by atoms with Crippen LogP contribution < -0.4 is 0 Å². The zero-order chi connectivity index (χ0) is 66.8. The number of carbonyl (C=O) groups is 4. The van der Waals surface area contributed by atoms with Crippen LogP contribution in [0, 0.1) is 23.7 Å². The molecule has 0 aliphatic carbocycles. The first-order valence-electron chi connectivity index (χ1n) is 36.7. The van der Waals surface area contributed by atoms with Gasteiger partial charge in [-0.1, -0.05) is 299 Å².